The average molecular weight is 357 g/mol. The molecule has 26 heavy (non-hydrogen) atoms. The number of benzene rings is 1. The first-order valence-electron chi connectivity index (χ1n) is 8.84. The van der Waals surface area contributed by atoms with Gasteiger partial charge in [0.1, 0.15) is 11.7 Å². The Morgan fingerprint density at radius 1 is 1.19 bits per heavy atom. The Morgan fingerprint density at radius 2 is 1.88 bits per heavy atom. The van der Waals surface area contributed by atoms with Crippen LogP contribution in [0.25, 0.3) is 0 Å². The molecule has 0 bridgehead atoms. The smallest absolute Gasteiger partial charge is 0.316 e. The van der Waals surface area contributed by atoms with Crippen molar-refractivity contribution in [1.82, 2.24) is 5.32 Å². The maximum absolute atomic E-state index is 13.1. The van der Waals surface area contributed by atoms with Crippen molar-refractivity contribution in [2.45, 2.75) is 32.6 Å². The van der Waals surface area contributed by atoms with E-state index in [1.54, 1.807) is 0 Å². The van der Waals surface area contributed by atoms with Gasteiger partial charge in [-0.1, -0.05) is 19.1 Å². The zero-order chi connectivity index (χ0) is 18.8. The van der Waals surface area contributed by atoms with Gasteiger partial charge in [0.05, 0.1) is 13.7 Å². The lowest BCUT2D eigenvalue weighted by Crippen LogP contribution is -2.44. The summed E-state index contributed by atoms with van der Waals surface area (Å²) in [5, 5.41) is 2.83. The number of rotatable bonds is 4. The Morgan fingerprint density at radius 3 is 2.50 bits per heavy atom. The second-order valence-electron chi connectivity index (χ2n) is 6.75. The summed E-state index contributed by atoms with van der Waals surface area (Å²) in [4.78, 5) is 37.4. The summed E-state index contributed by atoms with van der Waals surface area (Å²) in [5.74, 6) is -1.53. The van der Waals surface area contributed by atoms with Gasteiger partial charge in [0, 0.05) is 23.6 Å². The molecule has 1 heterocycles. The van der Waals surface area contributed by atoms with E-state index in [0.717, 1.165) is 11.3 Å². The number of nitrogens with one attached hydrogen (secondary N) is 1. The van der Waals surface area contributed by atoms with Crippen molar-refractivity contribution >= 4 is 17.7 Å². The Kier molecular flexibility index (Phi) is 5.11. The molecule has 0 aromatic heterocycles. The molecule has 6 heteroatoms. The zero-order valence-corrected chi connectivity index (χ0v) is 15.2. The topological polar surface area (TPSA) is 81.7 Å². The number of Topliss-reactive ketones (excluding diaryl/α,β-unsaturated/α-hetero) is 1. The van der Waals surface area contributed by atoms with Crippen LogP contribution in [0, 0.1) is 11.8 Å². The summed E-state index contributed by atoms with van der Waals surface area (Å²) in [6.07, 6.45) is 0.654. The van der Waals surface area contributed by atoms with Crippen LogP contribution < -0.4 is 10.1 Å². The lowest BCUT2D eigenvalue weighted by atomic mass is 9.70. The van der Waals surface area contributed by atoms with E-state index in [1.807, 2.05) is 38.1 Å². The SMILES string of the molecule is CCOc1ccc([C@H]2CC(=O)NC3=C2C(=O)[C@H](C(=O)OC)[C@@H](C)C3)cc1. The van der Waals surface area contributed by atoms with Crippen LogP contribution in [0.2, 0.25) is 0 Å². The number of carbonyl (C=O) groups excluding carboxylic acids is 3. The summed E-state index contributed by atoms with van der Waals surface area (Å²) in [7, 11) is 1.29. The molecular weight excluding hydrogens is 334 g/mol. The predicted octanol–water partition coefficient (Wildman–Crippen LogP) is 2.34. The molecule has 3 rings (SSSR count). The summed E-state index contributed by atoms with van der Waals surface area (Å²) in [5.41, 5.74) is 2.03. The van der Waals surface area contributed by atoms with E-state index >= 15 is 0 Å². The number of hydrogen-bond acceptors (Lipinski definition) is 5. The van der Waals surface area contributed by atoms with Crippen molar-refractivity contribution in [3.63, 3.8) is 0 Å². The molecule has 6 nitrogen and oxygen atoms in total. The number of ether oxygens (including phenoxy) is 2. The molecule has 2 aliphatic rings. The van der Waals surface area contributed by atoms with Gasteiger partial charge in [-0.3, -0.25) is 14.4 Å². The molecule has 0 saturated heterocycles. The largest absolute Gasteiger partial charge is 0.494 e. The molecule has 1 amide bonds. The molecule has 0 radical (unpaired) electrons. The first-order chi connectivity index (χ1) is 12.5. The van der Waals surface area contributed by atoms with E-state index in [9.17, 15) is 14.4 Å². The fraction of sp³-hybridized carbons (Fsp3) is 0.450. The Bertz CT molecular complexity index is 765. The molecule has 0 saturated carbocycles. The van der Waals surface area contributed by atoms with Gasteiger partial charge in [-0.2, -0.15) is 0 Å². The zero-order valence-electron chi connectivity index (χ0n) is 15.2. The third-order valence-corrected chi connectivity index (χ3v) is 5.05. The van der Waals surface area contributed by atoms with Crippen molar-refractivity contribution in [3.8, 4) is 5.75 Å². The van der Waals surface area contributed by atoms with Gasteiger partial charge in [-0.25, -0.2) is 0 Å². The molecule has 0 unspecified atom stereocenters. The van der Waals surface area contributed by atoms with E-state index < -0.39 is 11.9 Å². The van der Waals surface area contributed by atoms with Crippen LogP contribution >= 0.6 is 0 Å². The van der Waals surface area contributed by atoms with Crippen LogP contribution in [0.1, 0.15) is 38.2 Å². The monoisotopic (exact) mass is 357 g/mol. The first kappa shape index (κ1) is 18.2. The highest BCUT2D eigenvalue weighted by atomic mass is 16.5. The maximum atomic E-state index is 13.1. The Balaban J connectivity index is 2.00. The second kappa shape index (κ2) is 7.32. The van der Waals surface area contributed by atoms with Gasteiger partial charge in [-0.15, -0.1) is 0 Å². The number of esters is 1. The van der Waals surface area contributed by atoms with Crippen LogP contribution in [0.5, 0.6) is 5.75 Å². The van der Waals surface area contributed by atoms with Crippen molar-refractivity contribution < 1.29 is 23.9 Å². The number of methoxy groups -OCH3 is 1. The summed E-state index contributed by atoms with van der Waals surface area (Å²) in [6, 6.07) is 7.41. The Hall–Kier alpha value is -2.63. The van der Waals surface area contributed by atoms with E-state index in [-0.39, 0.29) is 29.9 Å². The van der Waals surface area contributed by atoms with Gasteiger partial charge in [0.25, 0.3) is 0 Å². The minimum atomic E-state index is -0.820. The van der Waals surface area contributed by atoms with E-state index in [0.29, 0.717) is 24.3 Å². The fourth-order valence-electron chi connectivity index (χ4n) is 3.85. The van der Waals surface area contributed by atoms with Crippen molar-refractivity contribution in [2.75, 3.05) is 13.7 Å². The summed E-state index contributed by atoms with van der Waals surface area (Å²) < 4.78 is 10.3. The highest BCUT2D eigenvalue weighted by Crippen LogP contribution is 2.42. The van der Waals surface area contributed by atoms with Crippen LogP contribution in [0.3, 0.4) is 0 Å². The fourth-order valence-corrected chi connectivity index (χ4v) is 3.85. The number of ketones is 1. The molecule has 1 N–H and O–H groups in total. The van der Waals surface area contributed by atoms with Crippen molar-refractivity contribution in [2.24, 2.45) is 11.8 Å². The van der Waals surface area contributed by atoms with E-state index in [2.05, 4.69) is 5.32 Å². The highest BCUT2D eigenvalue weighted by molar-refractivity contribution is 6.11. The standard InChI is InChI=1S/C20H23NO5/c1-4-26-13-7-5-12(6-8-13)14-10-16(22)21-15-9-11(2)17(20(24)25-3)19(23)18(14)15/h5-8,11,14,17H,4,9-10H2,1-3H3,(H,21,22)/t11-,14+,17+/m0/s1. The number of amides is 1. The quantitative estimate of drug-likeness (QED) is 0.661. The van der Waals surface area contributed by atoms with Gasteiger partial charge >= 0.3 is 5.97 Å². The lowest BCUT2D eigenvalue weighted by Gasteiger charge is -2.36. The van der Waals surface area contributed by atoms with E-state index in [4.69, 9.17) is 9.47 Å². The molecule has 138 valence electrons. The molecule has 1 aromatic carbocycles. The van der Waals surface area contributed by atoms with E-state index in [1.165, 1.54) is 7.11 Å². The maximum Gasteiger partial charge on any atom is 0.316 e. The van der Waals surface area contributed by atoms with Crippen LogP contribution in [0.15, 0.2) is 35.5 Å². The molecular formula is C20H23NO5. The first-order valence-corrected chi connectivity index (χ1v) is 8.84. The molecule has 1 aliphatic heterocycles. The Labute approximate surface area is 152 Å². The molecule has 3 atom stereocenters. The highest BCUT2D eigenvalue weighted by Gasteiger charge is 2.45. The minimum absolute atomic E-state index is 0.112. The molecule has 0 spiro atoms. The van der Waals surface area contributed by atoms with Gasteiger partial charge in [-0.05, 0) is 37.0 Å². The normalized spacial score (nSPS) is 25.4. The van der Waals surface area contributed by atoms with Gasteiger partial charge < -0.3 is 14.8 Å². The summed E-state index contributed by atoms with van der Waals surface area (Å²) in [6.45, 7) is 4.30. The van der Waals surface area contributed by atoms with Crippen LogP contribution in [-0.4, -0.2) is 31.4 Å². The van der Waals surface area contributed by atoms with Gasteiger partial charge in [0.15, 0.2) is 5.78 Å². The molecule has 1 aromatic rings. The number of carbonyl (C=O) groups is 3. The van der Waals surface area contributed by atoms with Crippen LogP contribution in [0.4, 0.5) is 0 Å². The van der Waals surface area contributed by atoms with Crippen LogP contribution in [-0.2, 0) is 19.1 Å². The van der Waals surface area contributed by atoms with Gasteiger partial charge in [0.2, 0.25) is 5.91 Å². The summed E-state index contributed by atoms with van der Waals surface area (Å²) >= 11 is 0. The van der Waals surface area contributed by atoms with Crippen molar-refractivity contribution in [1.29, 1.82) is 0 Å². The molecule has 1 aliphatic carbocycles. The average Bonchev–Trinajstić information content (AvgIpc) is 2.61. The predicted molar refractivity (Wildman–Crippen MR) is 94.4 cm³/mol. The second-order valence-corrected chi connectivity index (χ2v) is 6.75. The number of hydrogen-bond donors (Lipinski definition) is 1. The van der Waals surface area contributed by atoms with Crippen molar-refractivity contribution in [3.05, 3.63) is 41.1 Å². The lowest BCUT2D eigenvalue weighted by molar-refractivity contribution is -0.151. The third kappa shape index (κ3) is 3.23. The number of allylic oxidation sites excluding steroid dienone is 2. The minimum Gasteiger partial charge on any atom is -0.494 e. The third-order valence-electron chi connectivity index (χ3n) is 5.05. The molecule has 0 fully saturated rings.